The van der Waals surface area contributed by atoms with Crippen molar-refractivity contribution >= 4 is 14.0 Å². The first kappa shape index (κ1) is 15.8. The normalized spacial score (nSPS) is 33.8. The van der Waals surface area contributed by atoms with Crippen LogP contribution in [-0.2, 0) is 4.79 Å². The number of hydrogen-bond donors (Lipinski definition) is 1. The molecule has 2 aliphatic heterocycles. The Morgan fingerprint density at radius 2 is 2.00 bits per heavy atom. The van der Waals surface area contributed by atoms with E-state index in [1.54, 1.807) is 0 Å². The van der Waals surface area contributed by atoms with Gasteiger partial charge < -0.3 is 10.0 Å². The molecule has 114 valence electrons. The fraction of sp³-hybridized carbons (Fsp3) is 0.812. The number of carbonyl (C=O) groups excluding carboxylic acids is 1. The van der Waals surface area contributed by atoms with Crippen LogP contribution in [0.1, 0.15) is 47.0 Å². The molecule has 20 heavy (non-hydrogen) atoms. The van der Waals surface area contributed by atoms with E-state index in [4.69, 9.17) is 0 Å². The highest BCUT2D eigenvalue weighted by molar-refractivity contribution is 6.85. The van der Waals surface area contributed by atoms with E-state index in [1.165, 1.54) is 0 Å². The summed E-state index contributed by atoms with van der Waals surface area (Å²) >= 11 is 0. The SMILES string of the molecule is CC(C)(C)[Si](C)(C)/C=C1/C[C@](C)(O)[C@@H]2CCCN2C1=O. The molecule has 0 aromatic carbocycles. The first-order valence-electron chi connectivity index (χ1n) is 7.71. The Balaban J connectivity index is 2.36. The van der Waals surface area contributed by atoms with Crippen molar-refractivity contribution in [2.75, 3.05) is 6.54 Å². The number of amides is 1. The van der Waals surface area contributed by atoms with Crippen molar-refractivity contribution in [3.05, 3.63) is 11.3 Å². The van der Waals surface area contributed by atoms with E-state index in [2.05, 4.69) is 39.6 Å². The van der Waals surface area contributed by atoms with Crippen molar-refractivity contribution in [2.45, 2.75) is 76.7 Å². The highest BCUT2D eigenvalue weighted by atomic mass is 28.3. The Hall–Kier alpha value is -0.613. The van der Waals surface area contributed by atoms with Gasteiger partial charge in [-0.3, -0.25) is 4.79 Å². The molecule has 1 N–H and O–H groups in total. The summed E-state index contributed by atoms with van der Waals surface area (Å²) in [7, 11) is -1.66. The zero-order valence-corrected chi connectivity index (χ0v) is 14.8. The molecule has 2 aliphatic rings. The Morgan fingerprint density at radius 3 is 2.55 bits per heavy atom. The number of piperidine rings is 1. The van der Waals surface area contributed by atoms with Crippen LogP contribution in [0.3, 0.4) is 0 Å². The summed E-state index contributed by atoms with van der Waals surface area (Å²) in [5, 5.41) is 10.9. The van der Waals surface area contributed by atoms with Gasteiger partial charge in [-0.05, 0) is 24.8 Å². The predicted molar refractivity (Wildman–Crippen MR) is 85.3 cm³/mol. The molecule has 0 spiro atoms. The second-order valence-corrected chi connectivity index (χ2v) is 13.6. The summed E-state index contributed by atoms with van der Waals surface area (Å²) in [6, 6.07) is 0.0200. The molecule has 4 heteroatoms. The average Bonchev–Trinajstić information content (AvgIpc) is 2.73. The minimum absolute atomic E-state index is 0.0200. The number of nitrogens with zero attached hydrogens (tertiary/aromatic N) is 1. The molecule has 0 saturated carbocycles. The zero-order chi connectivity index (χ0) is 15.3. The Bertz CT molecular complexity index is 446. The van der Waals surface area contributed by atoms with E-state index in [-0.39, 0.29) is 17.0 Å². The summed E-state index contributed by atoms with van der Waals surface area (Å²) in [5.41, 5.74) is 2.32. The number of hydrogen-bond acceptors (Lipinski definition) is 2. The third kappa shape index (κ3) is 2.60. The number of rotatable bonds is 1. The second kappa shape index (κ2) is 4.70. The molecule has 2 saturated heterocycles. The molecular weight excluding hydrogens is 266 g/mol. The largest absolute Gasteiger partial charge is 0.388 e. The van der Waals surface area contributed by atoms with E-state index >= 15 is 0 Å². The molecule has 0 aromatic heterocycles. The lowest BCUT2D eigenvalue weighted by Crippen LogP contribution is -2.55. The quantitative estimate of drug-likeness (QED) is 0.596. The van der Waals surface area contributed by atoms with Crippen LogP contribution in [0.4, 0.5) is 0 Å². The van der Waals surface area contributed by atoms with Crippen LogP contribution in [0.15, 0.2) is 11.3 Å². The first-order chi connectivity index (χ1) is 8.96. The van der Waals surface area contributed by atoms with Gasteiger partial charge in [0.15, 0.2) is 0 Å². The van der Waals surface area contributed by atoms with Crippen LogP contribution in [0.25, 0.3) is 0 Å². The van der Waals surface area contributed by atoms with E-state index in [1.807, 2.05) is 11.8 Å². The van der Waals surface area contributed by atoms with E-state index in [0.29, 0.717) is 6.42 Å². The average molecular weight is 295 g/mol. The number of carbonyl (C=O) groups is 1. The minimum Gasteiger partial charge on any atom is -0.388 e. The molecule has 2 atom stereocenters. The Labute approximate surface area is 124 Å². The lowest BCUT2D eigenvalue weighted by atomic mass is 9.84. The summed E-state index contributed by atoms with van der Waals surface area (Å²) in [6.07, 6.45) is 2.46. The molecule has 2 fully saturated rings. The highest BCUT2D eigenvalue weighted by Crippen LogP contribution is 2.41. The predicted octanol–water partition coefficient (Wildman–Crippen LogP) is 3.11. The van der Waals surface area contributed by atoms with E-state index < -0.39 is 13.7 Å². The van der Waals surface area contributed by atoms with E-state index in [9.17, 15) is 9.90 Å². The fourth-order valence-corrected chi connectivity index (χ4v) is 4.71. The van der Waals surface area contributed by atoms with Crippen molar-refractivity contribution < 1.29 is 9.90 Å². The van der Waals surface area contributed by atoms with Gasteiger partial charge in [0.25, 0.3) is 0 Å². The van der Waals surface area contributed by atoms with Crippen LogP contribution >= 0.6 is 0 Å². The molecule has 3 nitrogen and oxygen atoms in total. The number of fused-ring (bicyclic) bond motifs is 1. The Morgan fingerprint density at radius 1 is 1.40 bits per heavy atom. The van der Waals surface area contributed by atoms with Crippen LogP contribution in [0.5, 0.6) is 0 Å². The molecule has 2 heterocycles. The van der Waals surface area contributed by atoms with Gasteiger partial charge >= 0.3 is 0 Å². The fourth-order valence-electron chi connectivity index (χ4n) is 3.18. The van der Waals surface area contributed by atoms with Crippen molar-refractivity contribution in [3.8, 4) is 0 Å². The molecular formula is C16H29NO2Si. The van der Waals surface area contributed by atoms with Gasteiger partial charge in [-0.2, -0.15) is 0 Å². The van der Waals surface area contributed by atoms with Gasteiger partial charge in [0.2, 0.25) is 5.91 Å². The van der Waals surface area contributed by atoms with Gasteiger partial charge in [0.1, 0.15) is 0 Å². The van der Waals surface area contributed by atoms with Crippen LogP contribution in [-0.4, -0.2) is 42.2 Å². The molecule has 0 radical (unpaired) electrons. The summed E-state index contributed by atoms with van der Waals surface area (Å²) < 4.78 is 0. The number of aliphatic hydroxyl groups is 1. The van der Waals surface area contributed by atoms with Gasteiger partial charge in [-0.1, -0.05) is 39.6 Å². The van der Waals surface area contributed by atoms with Crippen LogP contribution in [0, 0.1) is 0 Å². The Kier molecular flexibility index (Phi) is 3.71. The van der Waals surface area contributed by atoms with Gasteiger partial charge in [-0.25, -0.2) is 0 Å². The molecule has 0 bridgehead atoms. The van der Waals surface area contributed by atoms with Gasteiger partial charge in [0, 0.05) is 18.5 Å². The van der Waals surface area contributed by atoms with Crippen molar-refractivity contribution in [2.24, 2.45) is 0 Å². The van der Waals surface area contributed by atoms with Crippen LogP contribution in [0.2, 0.25) is 18.1 Å². The minimum atomic E-state index is -1.66. The third-order valence-electron chi connectivity index (χ3n) is 5.52. The third-order valence-corrected chi connectivity index (χ3v) is 10.5. The maximum absolute atomic E-state index is 12.7. The summed E-state index contributed by atoms with van der Waals surface area (Å²) in [4.78, 5) is 14.6. The highest BCUT2D eigenvalue weighted by Gasteiger charge is 2.48. The lowest BCUT2D eigenvalue weighted by Gasteiger charge is -2.43. The van der Waals surface area contributed by atoms with Crippen molar-refractivity contribution in [3.63, 3.8) is 0 Å². The monoisotopic (exact) mass is 295 g/mol. The first-order valence-corrected chi connectivity index (χ1v) is 10.8. The smallest absolute Gasteiger partial charge is 0.249 e. The van der Waals surface area contributed by atoms with Gasteiger partial charge in [0.05, 0.1) is 19.7 Å². The van der Waals surface area contributed by atoms with Crippen LogP contribution < -0.4 is 0 Å². The summed E-state index contributed by atoms with van der Waals surface area (Å²) in [6.45, 7) is 14.0. The second-order valence-electron chi connectivity index (χ2n) is 8.33. The zero-order valence-electron chi connectivity index (χ0n) is 13.8. The molecule has 0 aliphatic carbocycles. The molecule has 0 unspecified atom stereocenters. The summed E-state index contributed by atoms with van der Waals surface area (Å²) in [5.74, 6) is 0.170. The lowest BCUT2D eigenvalue weighted by molar-refractivity contribution is -0.139. The maximum Gasteiger partial charge on any atom is 0.249 e. The maximum atomic E-state index is 12.7. The topological polar surface area (TPSA) is 40.5 Å². The molecule has 0 aromatic rings. The van der Waals surface area contributed by atoms with Crippen molar-refractivity contribution in [1.82, 2.24) is 4.90 Å². The van der Waals surface area contributed by atoms with Gasteiger partial charge in [-0.15, -0.1) is 0 Å². The standard InChI is InChI=1S/C16H29NO2Si/c1-15(2,3)20(5,6)11-12-10-16(4,19)13-8-7-9-17(13)14(12)18/h11,13,19H,7-10H2,1-6H3/b12-11-/t13-,16-/m0/s1. The molecule has 2 rings (SSSR count). The molecule has 1 amide bonds. The van der Waals surface area contributed by atoms with Crippen molar-refractivity contribution in [1.29, 1.82) is 0 Å². The van der Waals surface area contributed by atoms with E-state index in [0.717, 1.165) is 25.0 Å².